The van der Waals surface area contributed by atoms with Gasteiger partial charge in [0.25, 0.3) is 0 Å². The molecule has 8 heteroatoms. The van der Waals surface area contributed by atoms with Crippen LogP contribution in [0, 0.1) is 0 Å². The number of rotatable bonds is 9. The highest BCUT2D eigenvalue weighted by atomic mass is 16.5. The smallest absolute Gasteiger partial charge is 0.250 e. The van der Waals surface area contributed by atoms with Crippen LogP contribution in [0.3, 0.4) is 0 Å². The number of para-hydroxylation sites is 1. The summed E-state index contributed by atoms with van der Waals surface area (Å²) in [5.41, 5.74) is 5.91. The molecule has 0 saturated carbocycles. The lowest BCUT2D eigenvalue weighted by Crippen LogP contribution is -2.31. The van der Waals surface area contributed by atoms with Crippen LogP contribution >= 0.6 is 0 Å². The standard InChI is InChI=1S/C28H29N7O/c1-4-11-22(12-5-1)21-36-25-16-10-13-23(19-25)20-29-34-27-31-26(30-24-14-6-2-7-15-24)32-28(33-27)35-17-8-3-9-18-35/h1-2,4-7,10-16,19-20H,3,8-9,17-18,21H2,(H2,30,31,32,33,34). The minimum Gasteiger partial charge on any atom is -0.489 e. The van der Waals surface area contributed by atoms with E-state index < -0.39 is 0 Å². The Morgan fingerprint density at radius 2 is 1.56 bits per heavy atom. The summed E-state index contributed by atoms with van der Waals surface area (Å²) in [5.74, 6) is 2.30. The zero-order valence-corrected chi connectivity index (χ0v) is 20.0. The highest BCUT2D eigenvalue weighted by molar-refractivity contribution is 5.80. The number of benzene rings is 3. The molecule has 2 N–H and O–H groups in total. The SMILES string of the molecule is C(=NNc1nc(Nc2ccccc2)nc(N2CCCCC2)n1)c1cccc(OCc2ccccc2)c1. The van der Waals surface area contributed by atoms with Crippen molar-refractivity contribution in [1.29, 1.82) is 0 Å². The number of hydrogen-bond acceptors (Lipinski definition) is 8. The summed E-state index contributed by atoms with van der Waals surface area (Å²) in [5, 5.41) is 7.65. The van der Waals surface area contributed by atoms with Crippen molar-refractivity contribution in [1.82, 2.24) is 15.0 Å². The van der Waals surface area contributed by atoms with Gasteiger partial charge in [-0.05, 0) is 54.7 Å². The maximum absolute atomic E-state index is 5.92. The van der Waals surface area contributed by atoms with Crippen LogP contribution in [-0.4, -0.2) is 34.3 Å². The first-order valence-corrected chi connectivity index (χ1v) is 12.2. The van der Waals surface area contributed by atoms with E-state index in [0.29, 0.717) is 24.5 Å². The lowest BCUT2D eigenvalue weighted by molar-refractivity contribution is 0.306. The third kappa shape index (κ3) is 6.56. The molecule has 0 radical (unpaired) electrons. The number of hydrazone groups is 1. The van der Waals surface area contributed by atoms with Crippen LogP contribution < -0.4 is 20.4 Å². The zero-order valence-electron chi connectivity index (χ0n) is 20.0. The molecule has 2 heterocycles. The Hall–Kier alpha value is -4.46. The second kappa shape index (κ2) is 11.8. The van der Waals surface area contributed by atoms with Crippen LogP contribution in [0.5, 0.6) is 5.75 Å². The van der Waals surface area contributed by atoms with Crippen LogP contribution in [0.4, 0.5) is 23.5 Å². The first kappa shape index (κ1) is 23.3. The molecule has 3 aromatic carbocycles. The average molecular weight is 480 g/mol. The van der Waals surface area contributed by atoms with E-state index in [4.69, 9.17) is 4.74 Å². The van der Waals surface area contributed by atoms with Crippen molar-refractivity contribution >= 4 is 29.7 Å². The van der Waals surface area contributed by atoms with Gasteiger partial charge in [-0.2, -0.15) is 20.1 Å². The average Bonchev–Trinajstić information content (AvgIpc) is 2.94. The molecule has 1 aliphatic rings. The Bertz CT molecular complexity index is 1280. The fourth-order valence-corrected chi connectivity index (χ4v) is 3.95. The number of nitrogens with zero attached hydrogens (tertiary/aromatic N) is 5. The molecule has 0 unspecified atom stereocenters. The normalized spacial score (nSPS) is 13.5. The van der Waals surface area contributed by atoms with Gasteiger partial charge in [0.05, 0.1) is 6.21 Å². The van der Waals surface area contributed by atoms with Crippen molar-refractivity contribution < 1.29 is 4.74 Å². The van der Waals surface area contributed by atoms with E-state index in [0.717, 1.165) is 48.5 Å². The van der Waals surface area contributed by atoms with Crippen molar-refractivity contribution in [2.24, 2.45) is 5.10 Å². The number of nitrogens with one attached hydrogen (secondary N) is 2. The number of aromatic nitrogens is 3. The molecule has 0 amide bonds. The minimum absolute atomic E-state index is 0.386. The predicted octanol–water partition coefficient (Wildman–Crippen LogP) is 5.63. The molecule has 0 aliphatic carbocycles. The summed E-state index contributed by atoms with van der Waals surface area (Å²) in [6.45, 7) is 2.39. The zero-order chi connectivity index (χ0) is 24.4. The topological polar surface area (TPSA) is 87.6 Å². The fourth-order valence-electron chi connectivity index (χ4n) is 3.95. The van der Waals surface area contributed by atoms with Crippen molar-refractivity contribution in [3.05, 3.63) is 96.1 Å². The molecule has 5 rings (SSSR count). The Morgan fingerprint density at radius 1 is 0.806 bits per heavy atom. The van der Waals surface area contributed by atoms with E-state index in [9.17, 15) is 0 Å². The lowest BCUT2D eigenvalue weighted by atomic mass is 10.1. The number of anilines is 4. The van der Waals surface area contributed by atoms with E-state index >= 15 is 0 Å². The molecule has 1 aliphatic heterocycles. The van der Waals surface area contributed by atoms with Gasteiger partial charge in [0.15, 0.2) is 0 Å². The summed E-state index contributed by atoms with van der Waals surface area (Å²) < 4.78 is 5.92. The molecule has 0 atom stereocenters. The second-order valence-electron chi connectivity index (χ2n) is 8.54. The molecular weight excluding hydrogens is 450 g/mol. The van der Waals surface area contributed by atoms with Crippen LogP contribution in [0.2, 0.25) is 0 Å². The molecule has 0 spiro atoms. The summed E-state index contributed by atoms with van der Waals surface area (Å²) in [6, 6.07) is 27.8. The summed E-state index contributed by atoms with van der Waals surface area (Å²) in [4.78, 5) is 16.0. The quantitative estimate of drug-likeness (QED) is 0.238. The molecular formula is C28H29N7O. The first-order chi connectivity index (χ1) is 17.8. The van der Waals surface area contributed by atoms with Gasteiger partial charge in [-0.3, -0.25) is 0 Å². The van der Waals surface area contributed by atoms with Gasteiger partial charge in [0, 0.05) is 18.8 Å². The summed E-state index contributed by atoms with van der Waals surface area (Å²) in [7, 11) is 0. The highest BCUT2D eigenvalue weighted by Gasteiger charge is 2.16. The number of hydrogen-bond donors (Lipinski definition) is 2. The third-order valence-corrected chi connectivity index (χ3v) is 5.78. The van der Waals surface area contributed by atoms with Gasteiger partial charge in [-0.25, -0.2) is 5.43 Å². The van der Waals surface area contributed by atoms with Gasteiger partial charge >= 0.3 is 0 Å². The predicted molar refractivity (Wildman–Crippen MR) is 144 cm³/mol. The van der Waals surface area contributed by atoms with Crippen molar-refractivity contribution in [3.63, 3.8) is 0 Å². The van der Waals surface area contributed by atoms with Crippen molar-refractivity contribution in [2.45, 2.75) is 25.9 Å². The minimum atomic E-state index is 0.386. The Kier molecular flexibility index (Phi) is 7.63. The van der Waals surface area contributed by atoms with Crippen LogP contribution in [0.25, 0.3) is 0 Å². The van der Waals surface area contributed by atoms with E-state index in [1.165, 1.54) is 6.42 Å². The van der Waals surface area contributed by atoms with E-state index in [2.05, 4.69) is 35.7 Å². The molecule has 4 aromatic rings. The summed E-state index contributed by atoms with van der Waals surface area (Å²) >= 11 is 0. The first-order valence-electron chi connectivity index (χ1n) is 12.2. The fraction of sp³-hybridized carbons (Fsp3) is 0.214. The number of ether oxygens (including phenoxy) is 1. The molecule has 36 heavy (non-hydrogen) atoms. The maximum atomic E-state index is 5.92. The second-order valence-corrected chi connectivity index (χ2v) is 8.54. The Balaban J connectivity index is 1.28. The van der Waals surface area contributed by atoms with Gasteiger partial charge in [0.2, 0.25) is 17.8 Å². The molecule has 8 nitrogen and oxygen atoms in total. The van der Waals surface area contributed by atoms with Crippen LogP contribution in [0.15, 0.2) is 90.0 Å². The third-order valence-electron chi connectivity index (χ3n) is 5.78. The van der Waals surface area contributed by atoms with Gasteiger partial charge in [-0.15, -0.1) is 0 Å². The Morgan fingerprint density at radius 3 is 2.36 bits per heavy atom. The maximum Gasteiger partial charge on any atom is 0.250 e. The molecule has 1 saturated heterocycles. The van der Waals surface area contributed by atoms with Crippen LogP contribution in [-0.2, 0) is 6.61 Å². The Labute approximate surface area is 211 Å². The van der Waals surface area contributed by atoms with Gasteiger partial charge in [-0.1, -0.05) is 60.7 Å². The number of piperidine rings is 1. The monoisotopic (exact) mass is 479 g/mol. The molecule has 0 bridgehead atoms. The van der Waals surface area contributed by atoms with Gasteiger partial charge in [0.1, 0.15) is 12.4 Å². The van der Waals surface area contributed by atoms with E-state index in [1.54, 1.807) is 6.21 Å². The van der Waals surface area contributed by atoms with Gasteiger partial charge < -0.3 is 15.0 Å². The van der Waals surface area contributed by atoms with Crippen LogP contribution in [0.1, 0.15) is 30.4 Å². The highest BCUT2D eigenvalue weighted by Crippen LogP contribution is 2.21. The van der Waals surface area contributed by atoms with E-state index in [-0.39, 0.29) is 0 Å². The van der Waals surface area contributed by atoms with Crippen molar-refractivity contribution in [3.8, 4) is 5.75 Å². The summed E-state index contributed by atoms with van der Waals surface area (Å²) in [6.07, 6.45) is 5.23. The molecule has 182 valence electrons. The van der Waals surface area contributed by atoms with Crippen molar-refractivity contribution in [2.75, 3.05) is 28.7 Å². The lowest BCUT2D eigenvalue weighted by Gasteiger charge is -2.26. The molecule has 1 fully saturated rings. The molecule has 1 aromatic heterocycles. The largest absolute Gasteiger partial charge is 0.489 e. The van der Waals surface area contributed by atoms with E-state index in [1.807, 2.05) is 84.9 Å².